The molecule has 0 radical (unpaired) electrons. The summed E-state index contributed by atoms with van der Waals surface area (Å²) in [5.41, 5.74) is 0. The molecule has 0 spiro atoms. The van der Waals surface area contributed by atoms with Gasteiger partial charge in [-0.1, -0.05) is 0 Å². The van der Waals surface area contributed by atoms with Crippen LogP contribution in [-0.2, 0) is 39.8 Å². The van der Waals surface area contributed by atoms with E-state index < -0.39 is 26.4 Å². The summed E-state index contributed by atoms with van der Waals surface area (Å²) in [6.07, 6.45) is 10.4. The SMILES string of the molecule is C(CP(CCC[Si]12OCCN(CCO1)CCO2)CCC[Si]12OCCN(CCO1)CCO2)C[Si]12OCCC(CCO1)CCO2. The Labute approximate surface area is 263 Å². The summed E-state index contributed by atoms with van der Waals surface area (Å²) >= 11 is 0. The highest BCUT2D eigenvalue weighted by Crippen LogP contribution is 2.42. The summed E-state index contributed by atoms with van der Waals surface area (Å²) in [5.74, 6) is 0.685. The van der Waals surface area contributed by atoms with E-state index in [0.29, 0.717) is 5.92 Å². The second-order valence-electron chi connectivity index (χ2n) is 12.8. The Morgan fingerprint density at radius 3 is 1.00 bits per heavy atom. The quantitative estimate of drug-likeness (QED) is 0.226. The van der Waals surface area contributed by atoms with Gasteiger partial charge < -0.3 is 39.8 Å². The first-order chi connectivity index (χ1) is 21.1. The molecule has 9 saturated heterocycles. The lowest BCUT2D eigenvalue weighted by Crippen LogP contribution is -2.55. The first-order valence-electron chi connectivity index (χ1n) is 17.1. The van der Waals surface area contributed by atoms with Crippen molar-refractivity contribution >= 4 is 34.3 Å². The van der Waals surface area contributed by atoms with E-state index in [1.165, 1.54) is 18.5 Å². The molecule has 0 aromatic heterocycles. The molecule has 9 aliphatic heterocycles. The van der Waals surface area contributed by atoms with Gasteiger partial charge in [-0.15, -0.1) is 7.92 Å². The number of rotatable bonds is 12. The van der Waals surface area contributed by atoms with Crippen molar-refractivity contribution in [2.45, 2.75) is 56.7 Å². The number of hydrogen-bond donors (Lipinski definition) is 0. The van der Waals surface area contributed by atoms with Crippen LogP contribution in [0.3, 0.4) is 0 Å². The fraction of sp³-hybridized carbons (Fsp3) is 1.00. The third-order valence-corrected chi connectivity index (χ3v) is 21.3. The summed E-state index contributed by atoms with van der Waals surface area (Å²) in [4.78, 5) is 4.76. The average molecular weight is 679 g/mol. The largest absolute Gasteiger partial charge is 0.501 e. The molecule has 0 atom stereocenters. The number of fused-ring (bicyclic) bond motifs is 18. The molecule has 9 rings (SSSR count). The first kappa shape index (κ1) is 33.5. The van der Waals surface area contributed by atoms with Gasteiger partial charge in [0.05, 0.1) is 39.6 Å². The molecule has 0 aromatic carbocycles. The van der Waals surface area contributed by atoms with Crippen LogP contribution in [0.15, 0.2) is 0 Å². The molecule has 6 bridgehead atoms. The second kappa shape index (κ2) is 16.6. The summed E-state index contributed by atoms with van der Waals surface area (Å²) in [7, 11) is -7.95. The van der Waals surface area contributed by atoms with Crippen LogP contribution in [0.25, 0.3) is 0 Å². The van der Waals surface area contributed by atoms with Crippen LogP contribution < -0.4 is 0 Å². The lowest BCUT2D eigenvalue weighted by Gasteiger charge is -2.38. The molecule has 0 unspecified atom stereocenters. The molecule has 0 N–H and O–H groups in total. The molecule has 43 heavy (non-hydrogen) atoms. The number of nitrogens with zero attached hydrogens (tertiary/aromatic N) is 2. The van der Waals surface area contributed by atoms with Crippen LogP contribution in [0.4, 0.5) is 0 Å². The van der Waals surface area contributed by atoms with Gasteiger partial charge in [0.2, 0.25) is 0 Å². The van der Waals surface area contributed by atoms with Crippen LogP contribution in [-0.4, -0.2) is 153 Å². The van der Waals surface area contributed by atoms with E-state index in [-0.39, 0.29) is 7.92 Å². The highest BCUT2D eigenvalue weighted by atomic mass is 31.1. The van der Waals surface area contributed by atoms with Crippen molar-refractivity contribution in [2.75, 3.05) is 117 Å². The molecule has 0 amide bonds. The summed E-state index contributed by atoms with van der Waals surface area (Å²) in [6.45, 7) is 12.6. The summed E-state index contributed by atoms with van der Waals surface area (Å²) in [5, 5.41) is 0. The average Bonchev–Trinajstić information content (AvgIpc) is 2.89. The van der Waals surface area contributed by atoms with Gasteiger partial charge in [0.1, 0.15) is 0 Å². The predicted octanol–water partition coefficient (Wildman–Crippen LogP) is 3.08. The molecule has 248 valence electrons. The standard InChI is InChI=1S/C28H55N2O9PSi3/c1(25-41-31-13-4-28(5-14-32-41)6-15-33-41)22-40(23-2-26-42-34-16-7-29(8-17-35-42)9-18-36-42)24-3-27-43-37-19-10-30(11-20-38-43)12-21-39-43/h28H,1-27H2. The van der Waals surface area contributed by atoms with E-state index in [9.17, 15) is 0 Å². The Balaban J connectivity index is 1.04. The lowest BCUT2D eigenvalue weighted by atomic mass is 9.99. The maximum absolute atomic E-state index is 6.38. The molecule has 9 fully saturated rings. The van der Waals surface area contributed by atoms with Gasteiger partial charge in [-0.25, -0.2) is 0 Å². The van der Waals surface area contributed by atoms with E-state index in [1.54, 1.807) is 0 Å². The highest BCUT2D eigenvalue weighted by Gasteiger charge is 2.46. The van der Waals surface area contributed by atoms with Crippen molar-refractivity contribution in [3.8, 4) is 0 Å². The fourth-order valence-electron chi connectivity index (χ4n) is 7.15. The van der Waals surface area contributed by atoms with Crippen LogP contribution >= 0.6 is 7.92 Å². The van der Waals surface area contributed by atoms with Crippen molar-refractivity contribution in [3.05, 3.63) is 0 Å². The first-order valence-corrected chi connectivity index (χ1v) is 24.8. The molecule has 0 aliphatic carbocycles. The highest BCUT2D eigenvalue weighted by molar-refractivity contribution is 7.57. The van der Waals surface area contributed by atoms with Gasteiger partial charge in [0.15, 0.2) is 0 Å². The molecular weight excluding hydrogens is 624 g/mol. The Kier molecular flexibility index (Phi) is 13.0. The molecule has 9 aliphatic rings. The maximum atomic E-state index is 6.38. The van der Waals surface area contributed by atoms with E-state index >= 15 is 0 Å². The molecule has 9 heterocycles. The van der Waals surface area contributed by atoms with E-state index in [2.05, 4.69) is 9.80 Å². The molecule has 15 heteroatoms. The van der Waals surface area contributed by atoms with Crippen LogP contribution in [0, 0.1) is 5.92 Å². The molecular formula is C28H55N2O9PSi3. The van der Waals surface area contributed by atoms with Gasteiger partial charge in [0.25, 0.3) is 0 Å². The third-order valence-electron chi connectivity index (χ3n) is 9.79. The van der Waals surface area contributed by atoms with Crippen molar-refractivity contribution < 1.29 is 39.8 Å². The van der Waals surface area contributed by atoms with Gasteiger partial charge in [-0.2, -0.15) is 0 Å². The monoisotopic (exact) mass is 678 g/mol. The van der Waals surface area contributed by atoms with Crippen molar-refractivity contribution in [2.24, 2.45) is 5.92 Å². The van der Waals surface area contributed by atoms with Crippen LogP contribution in [0.2, 0.25) is 18.1 Å². The Bertz CT molecular complexity index is 671. The lowest BCUT2D eigenvalue weighted by molar-refractivity contribution is -0.00873. The third kappa shape index (κ3) is 9.83. The second-order valence-corrected chi connectivity index (χ2v) is 23.6. The minimum Gasteiger partial charge on any atom is -0.373 e. The van der Waals surface area contributed by atoms with E-state index in [4.69, 9.17) is 39.8 Å². The predicted molar refractivity (Wildman–Crippen MR) is 171 cm³/mol. The molecule has 0 saturated carbocycles. The van der Waals surface area contributed by atoms with Crippen molar-refractivity contribution in [1.29, 1.82) is 0 Å². The number of hydrogen-bond acceptors (Lipinski definition) is 11. The van der Waals surface area contributed by atoms with E-state index in [1.807, 2.05) is 0 Å². The zero-order chi connectivity index (χ0) is 29.3. The van der Waals surface area contributed by atoms with Crippen LogP contribution in [0.5, 0.6) is 0 Å². The molecule has 11 nitrogen and oxygen atoms in total. The normalized spacial score (nSPS) is 39.8. The Morgan fingerprint density at radius 2 is 0.698 bits per heavy atom. The van der Waals surface area contributed by atoms with Crippen molar-refractivity contribution in [1.82, 2.24) is 9.80 Å². The van der Waals surface area contributed by atoms with Gasteiger partial charge in [0, 0.05) is 77.2 Å². The minimum absolute atomic E-state index is 0.192. The summed E-state index contributed by atoms with van der Waals surface area (Å²) < 4.78 is 57.2. The maximum Gasteiger partial charge on any atom is 0.501 e. The van der Waals surface area contributed by atoms with Crippen molar-refractivity contribution in [3.63, 3.8) is 0 Å². The van der Waals surface area contributed by atoms with Crippen LogP contribution in [0.1, 0.15) is 38.5 Å². The van der Waals surface area contributed by atoms with E-state index in [0.717, 1.165) is 155 Å². The zero-order valence-electron chi connectivity index (χ0n) is 26.2. The van der Waals surface area contributed by atoms with Gasteiger partial charge >= 0.3 is 26.4 Å². The molecule has 0 aromatic rings. The summed E-state index contributed by atoms with van der Waals surface area (Å²) in [6, 6.07) is 2.78. The fourth-order valence-corrected chi connectivity index (χ4v) is 18.1. The Morgan fingerprint density at radius 1 is 0.419 bits per heavy atom. The Hall–Kier alpha value is 0.641. The smallest absolute Gasteiger partial charge is 0.373 e. The van der Waals surface area contributed by atoms with Gasteiger partial charge in [-0.05, 0) is 62.9 Å². The van der Waals surface area contributed by atoms with Gasteiger partial charge in [-0.3, -0.25) is 9.80 Å². The minimum atomic E-state index is -2.59. The zero-order valence-corrected chi connectivity index (χ0v) is 30.1. The topological polar surface area (TPSA) is 89.6 Å².